The van der Waals surface area contributed by atoms with Crippen molar-refractivity contribution in [1.82, 2.24) is 14.7 Å². The summed E-state index contributed by atoms with van der Waals surface area (Å²) in [4.78, 5) is 2.68. The van der Waals surface area contributed by atoms with Crippen molar-refractivity contribution in [3.8, 4) is 0 Å². The normalized spacial score (nSPS) is 28.2. The SMILES string of the molecule is CC(C)Cn1nccc1N[C@H]1C[C@@H](C)N(C2CC2)C1. The van der Waals surface area contributed by atoms with E-state index in [1.54, 1.807) is 0 Å². The van der Waals surface area contributed by atoms with Crippen LogP contribution in [0.5, 0.6) is 0 Å². The topological polar surface area (TPSA) is 33.1 Å². The van der Waals surface area contributed by atoms with Crippen molar-refractivity contribution >= 4 is 5.82 Å². The zero-order valence-corrected chi connectivity index (χ0v) is 12.3. The van der Waals surface area contributed by atoms with Crippen LogP contribution >= 0.6 is 0 Å². The lowest BCUT2D eigenvalue weighted by atomic mass is 10.2. The Hall–Kier alpha value is -1.03. The average molecular weight is 262 g/mol. The van der Waals surface area contributed by atoms with Gasteiger partial charge in [-0.3, -0.25) is 4.90 Å². The number of likely N-dealkylation sites (tertiary alicyclic amines) is 1. The van der Waals surface area contributed by atoms with Crippen molar-refractivity contribution in [3.63, 3.8) is 0 Å². The molecular weight excluding hydrogens is 236 g/mol. The van der Waals surface area contributed by atoms with Gasteiger partial charge in [-0.1, -0.05) is 13.8 Å². The van der Waals surface area contributed by atoms with E-state index in [1.165, 1.54) is 31.6 Å². The summed E-state index contributed by atoms with van der Waals surface area (Å²) in [6.07, 6.45) is 5.97. The molecule has 2 fully saturated rings. The van der Waals surface area contributed by atoms with Crippen LogP contribution in [-0.2, 0) is 6.54 Å². The minimum Gasteiger partial charge on any atom is -0.366 e. The summed E-state index contributed by atoms with van der Waals surface area (Å²) in [5.41, 5.74) is 0. The molecule has 1 saturated carbocycles. The standard InChI is InChI=1S/C15H26N4/c1-11(2)9-19-15(6-7-16-19)17-13-8-12(3)18(10-13)14-4-5-14/h6-7,11-14,17H,4-5,8-10H2,1-3H3/t12-,13+/m1/s1. The smallest absolute Gasteiger partial charge is 0.124 e. The van der Waals surface area contributed by atoms with Gasteiger partial charge in [-0.2, -0.15) is 5.10 Å². The summed E-state index contributed by atoms with van der Waals surface area (Å²) in [5.74, 6) is 1.81. The highest BCUT2D eigenvalue weighted by molar-refractivity contribution is 5.36. The zero-order valence-electron chi connectivity index (χ0n) is 12.3. The van der Waals surface area contributed by atoms with E-state index in [2.05, 4.69) is 46.8 Å². The van der Waals surface area contributed by atoms with Gasteiger partial charge in [0.1, 0.15) is 5.82 Å². The third-order valence-electron chi connectivity index (χ3n) is 4.25. The fraction of sp³-hybridized carbons (Fsp3) is 0.800. The molecule has 2 aliphatic rings. The molecule has 1 aromatic heterocycles. The molecule has 2 atom stereocenters. The van der Waals surface area contributed by atoms with E-state index in [0.717, 1.165) is 18.6 Å². The van der Waals surface area contributed by atoms with Crippen LogP contribution < -0.4 is 5.32 Å². The third-order valence-corrected chi connectivity index (χ3v) is 4.25. The van der Waals surface area contributed by atoms with E-state index in [1.807, 2.05) is 6.20 Å². The second kappa shape index (κ2) is 5.16. The summed E-state index contributed by atoms with van der Waals surface area (Å²) in [6, 6.07) is 4.29. The highest BCUT2D eigenvalue weighted by Gasteiger charge is 2.38. The molecule has 4 nitrogen and oxygen atoms in total. The number of hydrogen-bond acceptors (Lipinski definition) is 3. The van der Waals surface area contributed by atoms with Crippen LogP contribution in [0.3, 0.4) is 0 Å². The van der Waals surface area contributed by atoms with Gasteiger partial charge in [-0.05, 0) is 32.1 Å². The van der Waals surface area contributed by atoms with Crippen LogP contribution in [0.15, 0.2) is 12.3 Å². The molecule has 19 heavy (non-hydrogen) atoms. The molecule has 1 aliphatic heterocycles. The second-order valence-electron chi connectivity index (χ2n) is 6.65. The van der Waals surface area contributed by atoms with Gasteiger partial charge in [0.05, 0.1) is 6.20 Å². The fourth-order valence-corrected chi connectivity index (χ4v) is 3.23. The summed E-state index contributed by atoms with van der Waals surface area (Å²) in [6.45, 7) is 9.02. The lowest BCUT2D eigenvalue weighted by Crippen LogP contribution is -2.31. The Labute approximate surface area is 116 Å². The van der Waals surface area contributed by atoms with E-state index in [4.69, 9.17) is 0 Å². The number of rotatable bonds is 5. The van der Waals surface area contributed by atoms with Gasteiger partial charge in [0.2, 0.25) is 0 Å². The molecule has 1 N–H and O–H groups in total. The maximum atomic E-state index is 4.42. The Morgan fingerprint density at radius 1 is 1.42 bits per heavy atom. The molecule has 0 aromatic carbocycles. The Morgan fingerprint density at radius 3 is 2.89 bits per heavy atom. The predicted molar refractivity (Wildman–Crippen MR) is 78.3 cm³/mol. The minimum absolute atomic E-state index is 0.582. The maximum absolute atomic E-state index is 4.42. The third kappa shape index (κ3) is 2.94. The Kier molecular flexibility index (Phi) is 3.52. The highest BCUT2D eigenvalue weighted by Crippen LogP contribution is 2.34. The van der Waals surface area contributed by atoms with Gasteiger partial charge in [0, 0.05) is 37.3 Å². The zero-order chi connectivity index (χ0) is 13.4. The van der Waals surface area contributed by atoms with E-state index in [9.17, 15) is 0 Å². The molecule has 2 heterocycles. The number of nitrogens with zero attached hydrogens (tertiary/aromatic N) is 3. The Balaban J connectivity index is 1.61. The monoisotopic (exact) mass is 262 g/mol. The largest absolute Gasteiger partial charge is 0.366 e. The van der Waals surface area contributed by atoms with Gasteiger partial charge in [-0.25, -0.2) is 4.68 Å². The number of nitrogens with one attached hydrogen (secondary N) is 1. The molecule has 0 spiro atoms. The lowest BCUT2D eigenvalue weighted by molar-refractivity contribution is 0.257. The van der Waals surface area contributed by atoms with Gasteiger partial charge in [-0.15, -0.1) is 0 Å². The van der Waals surface area contributed by atoms with Crippen LogP contribution in [0, 0.1) is 5.92 Å². The quantitative estimate of drug-likeness (QED) is 0.885. The van der Waals surface area contributed by atoms with E-state index in [0.29, 0.717) is 12.0 Å². The predicted octanol–water partition coefficient (Wildman–Crippen LogP) is 2.58. The van der Waals surface area contributed by atoms with Gasteiger partial charge in [0.15, 0.2) is 0 Å². The molecule has 0 bridgehead atoms. The Bertz CT molecular complexity index is 422. The van der Waals surface area contributed by atoms with Crippen molar-refractivity contribution in [2.75, 3.05) is 11.9 Å². The van der Waals surface area contributed by atoms with Crippen molar-refractivity contribution in [2.45, 2.75) is 64.7 Å². The Morgan fingerprint density at radius 2 is 2.21 bits per heavy atom. The summed E-state index contributed by atoms with van der Waals surface area (Å²) in [7, 11) is 0. The fourth-order valence-electron chi connectivity index (χ4n) is 3.23. The first-order chi connectivity index (χ1) is 9.13. The van der Waals surface area contributed by atoms with Crippen LogP contribution in [0.25, 0.3) is 0 Å². The first-order valence-electron chi connectivity index (χ1n) is 7.67. The molecule has 0 radical (unpaired) electrons. The van der Waals surface area contributed by atoms with Crippen molar-refractivity contribution < 1.29 is 0 Å². The summed E-state index contributed by atoms with van der Waals surface area (Å²) in [5, 5.41) is 8.12. The first kappa shape index (κ1) is 13.0. The summed E-state index contributed by atoms with van der Waals surface area (Å²) < 4.78 is 2.11. The van der Waals surface area contributed by atoms with E-state index in [-0.39, 0.29) is 0 Å². The van der Waals surface area contributed by atoms with Crippen LogP contribution in [-0.4, -0.2) is 39.4 Å². The molecule has 106 valence electrons. The molecule has 4 heteroatoms. The van der Waals surface area contributed by atoms with Gasteiger partial charge < -0.3 is 5.32 Å². The molecular formula is C15H26N4. The van der Waals surface area contributed by atoms with E-state index < -0.39 is 0 Å². The van der Waals surface area contributed by atoms with Crippen LogP contribution in [0.2, 0.25) is 0 Å². The van der Waals surface area contributed by atoms with Crippen LogP contribution in [0.4, 0.5) is 5.82 Å². The first-order valence-corrected chi connectivity index (χ1v) is 7.67. The number of anilines is 1. The molecule has 0 amide bonds. The molecule has 1 aliphatic carbocycles. The van der Waals surface area contributed by atoms with Crippen molar-refractivity contribution in [3.05, 3.63) is 12.3 Å². The molecule has 1 saturated heterocycles. The maximum Gasteiger partial charge on any atom is 0.124 e. The van der Waals surface area contributed by atoms with Crippen molar-refractivity contribution in [2.24, 2.45) is 5.92 Å². The van der Waals surface area contributed by atoms with Gasteiger partial charge >= 0.3 is 0 Å². The number of aromatic nitrogens is 2. The lowest BCUT2D eigenvalue weighted by Gasteiger charge is -2.20. The van der Waals surface area contributed by atoms with E-state index >= 15 is 0 Å². The number of hydrogen-bond donors (Lipinski definition) is 1. The molecule has 3 rings (SSSR count). The van der Waals surface area contributed by atoms with Gasteiger partial charge in [0.25, 0.3) is 0 Å². The average Bonchev–Trinajstić information content (AvgIpc) is 3.00. The second-order valence-corrected chi connectivity index (χ2v) is 6.65. The summed E-state index contributed by atoms with van der Waals surface area (Å²) >= 11 is 0. The minimum atomic E-state index is 0.582. The highest BCUT2D eigenvalue weighted by atomic mass is 15.3. The molecule has 0 unspecified atom stereocenters. The molecule has 1 aromatic rings. The van der Waals surface area contributed by atoms with Crippen LogP contribution in [0.1, 0.15) is 40.0 Å². The van der Waals surface area contributed by atoms with Crippen molar-refractivity contribution in [1.29, 1.82) is 0 Å².